The van der Waals surface area contributed by atoms with Crippen molar-refractivity contribution >= 4 is 5.97 Å². The van der Waals surface area contributed by atoms with Crippen molar-refractivity contribution in [2.75, 3.05) is 27.2 Å². The van der Waals surface area contributed by atoms with Crippen molar-refractivity contribution in [3.05, 3.63) is 35.9 Å². The molecule has 0 saturated carbocycles. The van der Waals surface area contributed by atoms with Crippen molar-refractivity contribution in [1.82, 2.24) is 4.90 Å². The van der Waals surface area contributed by atoms with Gasteiger partial charge in [-0.25, -0.2) is 4.79 Å². The molecule has 0 aromatic heterocycles. The van der Waals surface area contributed by atoms with E-state index in [0.717, 1.165) is 31.5 Å². The molecular weight excluding hydrogens is 242 g/mol. The summed E-state index contributed by atoms with van der Waals surface area (Å²) in [6, 6.07) is 9.45. The molecule has 19 heavy (non-hydrogen) atoms. The number of carbonyl (C=O) groups excluding carboxylic acids is 1. The molecule has 1 fully saturated rings. The fourth-order valence-electron chi connectivity index (χ4n) is 2.44. The lowest BCUT2D eigenvalue weighted by Crippen LogP contribution is -2.39. The monoisotopic (exact) mass is 263 g/mol. The Morgan fingerprint density at radius 1 is 1.37 bits per heavy atom. The summed E-state index contributed by atoms with van der Waals surface area (Å²) < 4.78 is 10.8. The van der Waals surface area contributed by atoms with Gasteiger partial charge in [0, 0.05) is 13.7 Å². The van der Waals surface area contributed by atoms with E-state index in [1.54, 1.807) is 0 Å². The van der Waals surface area contributed by atoms with E-state index in [0.29, 0.717) is 0 Å². The van der Waals surface area contributed by atoms with E-state index in [1.807, 2.05) is 37.4 Å². The van der Waals surface area contributed by atoms with Crippen LogP contribution in [-0.2, 0) is 14.3 Å². The highest BCUT2D eigenvalue weighted by molar-refractivity contribution is 5.76. The van der Waals surface area contributed by atoms with Crippen molar-refractivity contribution in [3.8, 4) is 0 Å². The van der Waals surface area contributed by atoms with E-state index in [-0.39, 0.29) is 12.1 Å². The molecule has 0 spiro atoms. The molecule has 1 saturated heterocycles. The van der Waals surface area contributed by atoms with Crippen LogP contribution in [0, 0.1) is 0 Å². The molecule has 104 valence electrons. The third-order valence-corrected chi connectivity index (χ3v) is 3.42. The molecule has 1 heterocycles. The van der Waals surface area contributed by atoms with Crippen LogP contribution < -0.4 is 0 Å². The normalized spacial score (nSPS) is 21.9. The SMILES string of the molecule is CO[C@H](C(=O)OC1CCCN(C)C1)c1ccccc1. The summed E-state index contributed by atoms with van der Waals surface area (Å²) in [5, 5.41) is 0. The summed E-state index contributed by atoms with van der Waals surface area (Å²) in [5.74, 6) is -0.297. The van der Waals surface area contributed by atoms with E-state index in [1.165, 1.54) is 7.11 Å². The average molecular weight is 263 g/mol. The molecule has 1 aromatic carbocycles. The van der Waals surface area contributed by atoms with Crippen molar-refractivity contribution in [1.29, 1.82) is 0 Å². The van der Waals surface area contributed by atoms with Gasteiger partial charge in [0.15, 0.2) is 6.10 Å². The minimum Gasteiger partial charge on any atom is -0.459 e. The Bertz CT molecular complexity index is 407. The molecular formula is C15H21NO3. The van der Waals surface area contributed by atoms with Gasteiger partial charge in [-0.15, -0.1) is 0 Å². The molecule has 1 unspecified atom stereocenters. The number of methoxy groups -OCH3 is 1. The quantitative estimate of drug-likeness (QED) is 0.779. The van der Waals surface area contributed by atoms with Crippen molar-refractivity contribution in [2.45, 2.75) is 25.0 Å². The molecule has 0 amide bonds. The topological polar surface area (TPSA) is 38.8 Å². The molecule has 2 rings (SSSR count). The van der Waals surface area contributed by atoms with Crippen LogP contribution in [-0.4, -0.2) is 44.2 Å². The van der Waals surface area contributed by atoms with Crippen LogP contribution in [0.25, 0.3) is 0 Å². The summed E-state index contributed by atoms with van der Waals surface area (Å²) in [5.41, 5.74) is 0.833. The number of benzene rings is 1. The molecule has 2 atom stereocenters. The van der Waals surface area contributed by atoms with Gasteiger partial charge in [0.05, 0.1) is 0 Å². The number of piperidine rings is 1. The van der Waals surface area contributed by atoms with Crippen molar-refractivity contribution in [2.24, 2.45) is 0 Å². The van der Waals surface area contributed by atoms with Crippen LogP contribution in [0.4, 0.5) is 0 Å². The largest absolute Gasteiger partial charge is 0.459 e. The van der Waals surface area contributed by atoms with Crippen molar-refractivity contribution in [3.63, 3.8) is 0 Å². The number of ether oxygens (including phenoxy) is 2. The van der Waals surface area contributed by atoms with E-state index in [4.69, 9.17) is 9.47 Å². The molecule has 0 N–H and O–H groups in total. The Morgan fingerprint density at radius 3 is 2.74 bits per heavy atom. The average Bonchev–Trinajstić information content (AvgIpc) is 2.41. The van der Waals surface area contributed by atoms with Gasteiger partial charge in [-0.05, 0) is 32.0 Å². The van der Waals surface area contributed by atoms with E-state index >= 15 is 0 Å². The Hall–Kier alpha value is -1.39. The maximum Gasteiger partial charge on any atom is 0.340 e. The first-order valence-corrected chi connectivity index (χ1v) is 6.67. The van der Waals surface area contributed by atoms with Gasteiger partial charge in [0.25, 0.3) is 0 Å². The third kappa shape index (κ3) is 3.78. The molecule has 0 bridgehead atoms. The Labute approximate surface area is 114 Å². The molecule has 0 aliphatic carbocycles. The Morgan fingerprint density at radius 2 is 2.11 bits per heavy atom. The van der Waals surface area contributed by atoms with Gasteiger partial charge >= 0.3 is 5.97 Å². The van der Waals surface area contributed by atoms with Crippen molar-refractivity contribution < 1.29 is 14.3 Å². The van der Waals surface area contributed by atoms with Gasteiger partial charge in [0.2, 0.25) is 0 Å². The predicted octanol–water partition coefficient (Wildman–Crippen LogP) is 2.01. The number of esters is 1. The third-order valence-electron chi connectivity index (χ3n) is 3.42. The van der Waals surface area contributed by atoms with Gasteiger partial charge in [-0.2, -0.15) is 0 Å². The minimum atomic E-state index is -0.631. The van der Waals surface area contributed by atoms with Crippen LogP contribution >= 0.6 is 0 Å². The standard InChI is InChI=1S/C15H21NO3/c1-16-10-6-9-13(11-16)19-15(17)14(18-2)12-7-4-3-5-8-12/h3-5,7-8,13-14H,6,9-11H2,1-2H3/t13?,14-/m0/s1. The number of likely N-dealkylation sites (tertiary alicyclic amines) is 1. The molecule has 1 aliphatic rings. The van der Waals surface area contributed by atoms with Crippen LogP contribution in [0.3, 0.4) is 0 Å². The summed E-state index contributed by atoms with van der Waals surface area (Å²) in [6.07, 6.45) is 1.35. The van der Waals surface area contributed by atoms with Crippen LogP contribution in [0.1, 0.15) is 24.5 Å². The van der Waals surface area contributed by atoms with Crippen LogP contribution in [0.2, 0.25) is 0 Å². The second-order valence-corrected chi connectivity index (χ2v) is 4.99. The second kappa shape index (κ2) is 6.68. The summed E-state index contributed by atoms with van der Waals surface area (Å²) in [4.78, 5) is 14.4. The van der Waals surface area contributed by atoms with E-state index in [9.17, 15) is 4.79 Å². The highest BCUT2D eigenvalue weighted by atomic mass is 16.6. The van der Waals surface area contributed by atoms with Gasteiger partial charge < -0.3 is 14.4 Å². The van der Waals surface area contributed by atoms with Gasteiger partial charge in [-0.1, -0.05) is 30.3 Å². The lowest BCUT2D eigenvalue weighted by Gasteiger charge is -2.30. The Balaban J connectivity index is 1.97. The molecule has 4 nitrogen and oxygen atoms in total. The minimum absolute atomic E-state index is 0.0207. The summed E-state index contributed by atoms with van der Waals surface area (Å²) in [6.45, 7) is 1.87. The number of rotatable bonds is 4. The Kier molecular flexibility index (Phi) is 4.93. The van der Waals surface area contributed by atoms with E-state index < -0.39 is 6.10 Å². The lowest BCUT2D eigenvalue weighted by atomic mass is 10.1. The first-order valence-electron chi connectivity index (χ1n) is 6.67. The highest BCUT2D eigenvalue weighted by Gasteiger charge is 2.27. The molecule has 0 radical (unpaired) electrons. The number of hydrogen-bond donors (Lipinski definition) is 0. The number of nitrogens with zero attached hydrogens (tertiary/aromatic N) is 1. The zero-order valence-electron chi connectivity index (χ0n) is 11.5. The molecule has 1 aliphatic heterocycles. The maximum absolute atomic E-state index is 12.2. The zero-order valence-corrected chi connectivity index (χ0v) is 11.5. The zero-order chi connectivity index (χ0) is 13.7. The van der Waals surface area contributed by atoms with Crippen LogP contribution in [0.15, 0.2) is 30.3 Å². The summed E-state index contributed by atoms with van der Waals surface area (Å²) in [7, 11) is 3.58. The first-order chi connectivity index (χ1) is 9.20. The van der Waals surface area contributed by atoms with Crippen LogP contribution in [0.5, 0.6) is 0 Å². The molecule has 4 heteroatoms. The predicted molar refractivity (Wildman–Crippen MR) is 72.8 cm³/mol. The summed E-state index contributed by atoms with van der Waals surface area (Å²) >= 11 is 0. The number of carbonyl (C=O) groups is 1. The van der Waals surface area contributed by atoms with Gasteiger partial charge in [0.1, 0.15) is 6.10 Å². The number of hydrogen-bond acceptors (Lipinski definition) is 4. The molecule has 1 aromatic rings. The maximum atomic E-state index is 12.2. The second-order valence-electron chi connectivity index (χ2n) is 4.99. The fourth-order valence-corrected chi connectivity index (χ4v) is 2.44. The van der Waals surface area contributed by atoms with Gasteiger partial charge in [-0.3, -0.25) is 0 Å². The highest BCUT2D eigenvalue weighted by Crippen LogP contribution is 2.20. The fraction of sp³-hybridized carbons (Fsp3) is 0.533. The van der Waals surface area contributed by atoms with E-state index in [2.05, 4.69) is 4.90 Å². The number of likely N-dealkylation sites (N-methyl/N-ethyl adjacent to an activating group) is 1. The first kappa shape index (κ1) is 14.0. The smallest absolute Gasteiger partial charge is 0.340 e. The lowest BCUT2D eigenvalue weighted by molar-refractivity contribution is -0.163.